The summed E-state index contributed by atoms with van der Waals surface area (Å²) >= 11 is 0. The number of non-ortho nitro benzene ring substituents is 1. The maximum absolute atomic E-state index is 13.3. The number of nitro groups is 1. The number of anilines is 2. The molecule has 0 aliphatic carbocycles. The Morgan fingerprint density at radius 1 is 1.00 bits per heavy atom. The van der Waals surface area contributed by atoms with E-state index >= 15 is 0 Å². The van der Waals surface area contributed by atoms with Crippen molar-refractivity contribution in [1.82, 2.24) is 0 Å². The Hall–Kier alpha value is -2.50. The minimum atomic E-state index is -0.696. The van der Waals surface area contributed by atoms with Crippen molar-refractivity contribution < 1.29 is 13.7 Å². The molecule has 0 saturated carbocycles. The molecule has 2 aromatic rings. The highest BCUT2D eigenvalue weighted by molar-refractivity contribution is 5.64. The van der Waals surface area contributed by atoms with E-state index < -0.39 is 10.7 Å². The van der Waals surface area contributed by atoms with Crippen molar-refractivity contribution in [3.63, 3.8) is 0 Å². The lowest BCUT2D eigenvalue weighted by Crippen LogP contribution is -2.10. The SMILES string of the molecule is CN(c1ccc(F)cc1)c1cc(F)cc([N+](=O)[O-])c1. The summed E-state index contributed by atoms with van der Waals surface area (Å²) in [6.45, 7) is 0. The molecule has 0 atom stereocenters. The molecule has 19 heavy (non-hydrogen) atoms. The van der Waals surface area contributed by atoms with E-state index in [1.54, 1.807) is 7.05 Å². The van der Waals surface area contributed by atoms with Crippen molar-refractivity contribution in [1.29, 1.82) is 0 Å². The molecule has 0 aliphatic heterocycles. The molecule has 0 N–H and O–H groups in total. The van der Waals surface area contributed by atoms with Crippen LogP contribution in [0.2, 0.25) is 0 Å². The minimum absolute atomic E-state index is 0.318. The van der Waals surface area contributed by atoms with Gasteiger partial charge in [-0.3, -0.25) is 10.1 Å². The first-order valence-corrected chi connectivity index (χ1v) is 5.41. The Morgan fingerprint density at radius 3 is 2.21 bits per heavy atom. The Kier molecular flexibility index (Phi) is 3.41. The van der Waals surface area contributed by atoms with Crippen LogP contribution in [0.4, 0.5) is 25.8 Å². The van der Waals surface area contributed by atoms with Gasteiger partial charge in [-0.15, -0.1) is 0 Å². The van der Waals surface area contributed by atoms with Gasteiger partial charge in [-0.25, -0.2) is 8.78 Å². The van der Waals surface area contributed by atoms with Gasteiger partial charge < -0.3 is 4.90 Å². The van der Waals surface area contributed by atoms with Gasteiger partial charge in [0.2, 0.25) is 0 Å². The Balaban J connectivity index is 2.40. The van der Waals surface area contributed by atoms with Gasteiger partial charge >= 0.3 is 0 Å². The zero-order valence-corrected chi connectivity index (χ0v) is 10.0. The first kappa shape index (κ1) is 12.9. The van der Waals surface area contributed by atoms with Gasteiger partial charge in [-0.05, 0) is 30.3 Å². The Morgan fingerprint density at radius 2 is 1.63 bits per heavy atom. The summed E-state index contributed by atoms with van der Waals surface area (Å²) in [5, 5.41) is 10.7. The lowest BCUT2D eigenvalue weighted by atomic mass is 10.2. The summed E-state index contributed by atoms with van der Waals surface area (Å²) in [7, 11) is 1.62. The van der Waals surface area contributed by atoms with E-state index in [1.165, 1.54) is 41.3 Å². The number of hydrogen-bond donors (Lipinski definition) is 0. The first-order chi connectivity index (χ1) is 8.97. The topological polar surface area (TPSA) is 46.4 Å². The molecular weight excluding hydrogens is 254 g/mol. The number of nitrogens with zero attached hydrogens (tertiary/aromatic N) is 2. The van der Waals surface area contributed by atoms with Gasteiger partial charge in [-0.2, -0.15) is 0 Å². The fraction of sp³-hybridized carbons (Fsp3) is 0.0769. The lowest BCUT2D eigenvalue weighted by Gasteiger charge is -2.19. The second kappa shape index (κ2) is 5.01. The first-order valence-electron chi connectivity index (χ1n) is 5.41. The second-order valence-electron chi connectivity index (χ2n) is 3.96. The van der Waals surface area contributed by atoms with E-state index in [1.807, 2.05) is 0 Å². The zero-order chi connectivity index (χ0) is 14.0. The normalized spacial score (nSPS) is 10.3. The molecule has 6 heteroatoms. The van der Waals surface area contributed by atoms with Crippen molar-refractivity contribution in [2.45, 2.75) is 0 Å². The average molecular weight is 264 g/mol. The van der Waals surface area contributed by atoms with Gasteiger partial charge in [-0.1, -0.05) is 0 Å². The number of halogens is 2. The number of nitro benzene ring substituents is 1. The van der Waals surface area contributed by atoms with Crippen LogP contribution in [0.25, 0.3) is 0 Å². The van der Waals surface area contributed by atoms with Crippen LogP contribution in [0.5, 0.6) is 0 Å². The fourth-order valence-corrected chi connectivity index (χ4v) is 1.67. The molecule has 0 radical (unpaired) electrons. The van der Waals surface area contributed by atoms with Crippen LogP contribution >= 0.6 is 0 Å². The molecule has 0 amide bonds. The van der Waals surface area contributed by atoms with E-state index in [-0.39, 0.29) is 11.5 Å². The van der Waals surface area contributed by atoms with E-state index in [9.17, 15) is 18.9 Å². The molecular formula is C13H10F2N2O2. The fourth-order valence-electron chi connectivity index (χ4n) is 1.67. The van der Waals surface area contributed by atoms with Crippen LogP contribution in [0.3, 0.4) is 0 Å². The molecule has 0 saturated heterocycles. The highest BCUT2D eigenvalue weighted by atomic mass is 19.1. The maximum atomic E-state index is 13.3. The van der Waals surface area contributed by atoms with Crippen LogP contribution in [-0.4, -0.2) is 12.0 Å². The molecule has 98 valence electrons. The molecule has 0 aliphatic rings. The number of benzene rings is 2. The Labute approximate surface area is 108 Å². The van der Waals surface area contributed by atoms with Gasteiger partial charge in [0, 0.05) is 18.8 Å². The molecule has 0 fully saturated rings. The van der Waals surface area contributed by atoms with E-state index in [0.717, 1.165) is 6.07 Å². The van der Waals surface area contributed by atoms with Crippen molar-refractivity contribution in [2.24, 2.45) is 0 Å². The molecule has 2 aromatic carbocycles. The Bertz CT molecular complexity index is 615. The summed E-state index contributed by atoms with van der Waals surface area (Å²) < 4.78 is 26.2. The number of rotatable bonds is 3. The summed E-state index contributed by atoms with van der Waals surface area (Å²) in [6.07, 6.45) is 0. The standard InChI is InChI=1S/C13H10F2N2O2/c1-16(11-4-2-9(14)3-5-11)12-6-10(15)7-13(8-12)17(18)19/h2-8H,1H3. The van der Waals surface area contributed by atoms with Crippen LogP contribution in [-0.2, 0) is 0 Å². The van der Waals surface area contributed by atoms with Gasteiger partial charge in [0.15, 0.2) is 0 Å². The zero-order valence-electron chi connectivity index (χ0n) is 10.0. The molecule has 2 rings (SSSR count). The molecule has 0 heterocycles. The van der Waals surface area contributed by atoms with Crippen LogP contribution in [0.15, 0.2) is 42.5 Å². The smallest absolute Gasteiger partial charge is 0.274 e. The van der Waals surface area contributed by atoms with Crippen molar-refractivity contribution >= 4 is 17.1 Å². The maximum Gasteiger partial charge on any atom is 0.274 e. The summed E-state index contributed by atoms with van der Waals surface area (Å²) in [5.41, 5.74) is 0.587. The molecule has 0 spiro atoms. The van der Waals surface area contributed by atoms with Gasteiger partial charge in [0.25, 0.3) is 5.69 Å². The van der Waals surface area contributed by atoms with E-state index in [0.29, 0.717) is 11.4 Å². The van der Waals surface area contributed by atoms with Crippen LogP contribution in [0.1, 0.15) is 0 Å². The third kappa shape index (κ3) is 2.85. The second-order valence-corrected chi connectivity index (χ2v) is 3.96. The quantitative estimate of drug-likeness (QED) is 0.628. The molecule has 4 nitrogen and oxygen atoms in total. The van der Waals surface area contributed by atoms with Gasteiger partial charge in [0.05, 0.1) is 16.7 Å². The largest absolute Gasteiger partial charge is 0.344 e. The molecule has 0 aromatic heterocycles. The lowest BCUT2D eigenvalue weighted by molar-refractivity contribution is -0.385. The predicted octanol–water partition coefficient (Wildman–Crippen LogP) is 3.64. The molecule has 0 bridgehead atoms. The predicted molar refractivity (Wildman–Crippen MR) is 67.5 cm³/mol. The number of hydrogen-bond acceptors (Lipinski definition) is 3. The van der Waals surface area contributed by atoms with Crippen LogP contribution in [0, 0.1) is 21.7 Å². The third-order valence-electron chi connectivity index (χ3n) is 2.68. The molecule has 0 unspecified atom stereocenters. The average Bonchev–Trinajstić information content (AvgIpc) is 2.38. The van der Waals surface area contributed by atoms with Gasteiger partial charge in [0.1, 0.15) is 11.6 Å². The van der Waals surface area contributed by atoms with E-state index in [4.69, 9.17) is 0 Å². The highest BCUT2D eigenvalue weighted by Crippen LogP contribution is 2.28. The van der Waals surface area contributed by atoms with Crippen molar-refractivity contribution in [3.05, 3.63) is 64.2 Å². The summed E-state index contributed by atoms with van der Waals surface area (Å²) in [5.74, 6) is -1.08. The summed E-state index contributed by atoms with van der Waals surface area (Å²) in [4.78, 5) is 11.6. The van der Waals surface area contributed by atoms with Crippen LogP contribution < -0.4 is 4.90 Å². The van der Waals surface area contributed by atoms with E-state index in [2.05, 4.69) is 0 Å². The minimum Gasteiger partial charge on any atom is -0.344 e. The highest BCUT2D eigenvalue weighted by Gasteiger charge is 2.13. The summed E-state index contributed by atoms with van der Waals surface area (Å²) in [6, 6.07) is 8.82. The third-order valence-corrected chi connectivity index (χ3v) is 2.68. The monoisotopic (exact) mass is 264 g/mol. The van der Waals surface area contributed by atoms with Crippen molar-refractivity contribution in [2.75, 3.05) is 11.9 Å². The van der Waals surface area contributed by atoms with Crippen molar-refractivity contribution in [3.8, 4) is 0 Å².